The lowest BCUT2D eigenvalue weighted by Gasteiger charge is -2.30. The minimum absolute atomic E-state index is 0.271. The maximum absolute atomic E-state index is 11.7. The summed E-state index contributed by atoms with van der Waals surface area (Å²) >= 11 is 0. The van der Waals surface area contributed by atoms with E-state index in [1.54, 1.807) is 18.2 Å². The first-order chi connectivity index (χ1) is 8.02. The average molecular weight is 236 g/mol. The minimum atomic E-state index is -0.355. The molecule has 94 valence electrons. The highest BCUT2D eigenvalue weighted by atomic mass is 16.5. The van der Waals surface area contributed by atoms with Crippen molar-refractivity contribution in [2.24, 2.45) is 0 Å². The molecule has 1 rings (SSSR count). The van der Waals surface area contributed by atoms with Gasteiger partial charge in [0.25, 0.3) is 0 Å². The zero-order chi connectivity index (χ0) is 13.0. The highest BCUT2D eigenvalue weighted by Gasteiger charge is 2.20. The van der Waals surface area contributed by atoms with E-state index in [1.807, 2.05) is 6.92 Å². The maximum Gasteiger partial charge on any atom is 0.340 e. The number of benzene rings is 1. The molecular weight excluding hydrogens is 216 g/mol. The van der Waals surface area contributed by atoms with Crippen LogP contribution in [-0.4, -0.2) is 25.7 Å². The summed E-state index contributed by atoms with van der Waals surface area (Å²) in [6.45, 7) is 6.96. The highest BCUT2D eigenvalue weighted by molar-refractivity contribution is 5.99. The molecule has 0 aliphatic carbocycles. The number of ether oxygens (including phenoxy) is 1. The van der Waals surface area contributed by atoms with Crippen molar-refractivity contribution in [3.63, 3.8) is 0 Å². The summed E-state index contributed by atoms with van der Waals surface area (Å²) in [4.78, 5) is 13.8. The third-order valence-electron chi connectivity index (χ3n) is 2.72. The summed E-state index contributed by atoms with van der Waals surface area (Å²) in [6, 6.07) is 5.57. The number of nitrogens with two attached hydrogens (primary N) is 1. The molecule has 4 nitrogen and oxygen atoms in total. The Balaban J connectivity index is 3.33. The van der Waals surface area contributed by atoms with Crippen LogP contribution in [0.4, 0.5) is 11.4 Å². The number of para-hydroxylation sites is 1. The molecule has 0 saturated heterocycles. The van der Waals surface area contributed by atoms with Crippen LogP contribution < -0.4 is 10.6 Å². The molecule has 0 radical (unpaired) electrons. The fourth-order valence-electron chi connectivity index (χ4n) is 1.94. The van der Waals surface area contributed by atoms with E-state index in [9.17, 15) is 4.79 Å². The molecule has 1 aromatic rings. The number of methoxy groups -OCH3 is 1. The van der Waals surface area contributed by atoms with E-state index in [-0.39, 0.29) is 12.0 Å². The normalized spacial score (nSPS) is 10.4. The van der Waals surface area contributed by atoms with Crippen molar-refractivity contribution in [1.29, 1.82) is 0 Å². The largest absolute Gasteiger partial charge is 0.465 e. The molecule has 1 aromatic carbocycles. The summed E-state index contributed by atoms with van der Waals surface area (Å²) < 4.78 is 4.79. The second-order valence-electron chi connectivity index (χ2n) is 4.11. The predicted octanol–water partition coefficient (Wildman–Crippen LogP) is 2.29. The fraction of sp³-hybridized carbons (Fsp3) is 0.462. The minimum Gasteiger partial charge on any atom is -0.465 e. The molecular formula is C13H20N2O2. The van der Waals surface area contributed by atoms with Crippen molar-refractivity contribution in [2.75, 3.05) is 24.3 Å². The van der Waals surface area contributed by atoms with Gasteiger partial charge in [0.15, 0.2) is 0 Å². The van der Waals surface area contributed by atoms with Crippen molar-refractivity contribution in [3.8, 4) is 0 Å². The number of hydrogen-bond acceptors (Lipinski definition) is 4. The molecule has 0 fully saturated rings. The Kier molecular flexibility index (Phi) is 4.37. The van der Waals surface area contributed by atoms with E-state index in [1.165, 1.54) is 7.11 Å². The SMILES string of the molecule is CCN(c1c(N)cccc1C(=O)OC)C(C)C. The van der Waals surface area contributed by atoms with E-state index in [2.05, 4.69) is 18.7 Å². The van der Waals surface area contributed by atoms with Gasteiger partial charge in [0.05, 0.1) is 24.0 Å². The van der Waals surface area contributed by atoms with Crippen LogP contribution in [0.15, 0.2) is 18.2 Å². The van der Waals surface area contributed by atoms with Crippen molar-refractivity contribution >= 4 is 17.3 Å². The predicted molar refractivity (Wildman–Crippen MR) is 70.3 cm³/mol. The molecule has 0 aromatic heterocycles. The van der Waals surface area contributed by atoms with E-state index < -0.39 is 0 Å². The molecule has 0 spiro atoms. The molecule has 0 aliphatic heterocycles. The molecule has 2 N–H and O–H groups in total. The number of nitrogen functional groups attached to an aromatic ring is 1. The fourth-order valence-corrected chi connectivity index (χ4v) is 1.94. The zero-order valence-corrected chi connectivity index (χ0v) is 10.9. The molecule has 0 atom stereocenters. The number of rotatable bonds is 4. The Morgan fingerprint density at radius 3 is 2.59 bits per heavy atom. The Hall–Kier alpha value is -1.71. The van der Waals surface area contributed by atoms with Gasteiger partial charge in [-0.15, -0.1) is 0 Å². The molecule has 0 saturated carbocycles. The zero-order valence-electron chi connectivity index (χ0n) is 10.9. The van der Waals surface area contributed by atoms with Crippen molar-refractivity contribution in [1.82, 2.24) is 0 Å². The Labute approximate surface area is 102 Å². The van der Waals surface area contributed by atoms with Crippen molar-refractivity contribution < 1.29 is 9.53 Å². The highest BCUT2D eigenvalue weighted by Crippen LogP contribution is 2.29. The first-order valence-corrected chi connectivity index (χ1v) is 5.76. The van der Waals surface area contributed by atoms with Gasteiger partial charge < -0.3 is 15.4 Å². The molecule has 0 amide bonds. The molecule has 0 aliphatic rings. The average Bonchev–Trinajstić information content (AvgIpc) is 2.30. The number of hydrogen-bond donors (Lipinski definition) is 1. The number of esters is 1. The molecule has 0 unspecified atom stereocenters. The Morgan fingerprint density at radius 2 is 2.12 bits per heavy atom. The van der Waals surface area contributed by atoms with Gasteiger partial charge in [-0.3, -0.25) is 0 Å². The van der Waals surface area contributed by atoms with Crippen molar-refractivity contribution in [2.45, 2.75) is 26.8 Å². The quantitative estimate of drug-likeness (QED) is 0.643. The van der Waals surface area contributed by atoms with Gasteiger partial charge in [0, 0.05) is 12.6 Å². The van der Waals surface area contributed by atoms with E-state index in [0.29, 0.717) is 11.3 Å². The second-order valence-corrected chi connectivity index (χ2v) is 4.11. The van der Waals surface area contributed by atoms with E-state index >= 15 is 0 Å². The number of anilines is 2. The van der Waals surface area contributed by atoms with Crippen LogP contribution in [-0.2, 0) is 4.74 Å². The van der Waals surface area contributed by atoms with Gasteiger partial charge in [-0.1, -0.05) is 6.07 Å². The number of carbonyl (C=O) groups excluding carboxylic acids is 1. The molecule has 0 heterocycles. The van der Waals surface area contributed by atoms with Gasteiger partial charge in [-0.25, -0.2) is 4.79 Å². The van der Waals surface area contributed by atoms with Gasteiger partial charge in [-0.2, -0.15) is 0 Å². The monoisotopic (exact) mass is 236 g/mol. The van der Waals surface area contributed by atoms with Crippen LogP contribution in [0.25, 0.3) is 0 Å². The topological polar surface area (TPSA) is 55.6 Å². The lowest BCUT2D eigenvalue weighted by molar-refractivity contribution is 0.0601. The summed E-state index contributed by atoms with van der Waals surface area (Å²) in [7, 11) is 1.38. The first kappa shape index (κ1) is 13.4. The lowest BCUT2D eigenvalue weighted by Crippen LogP contribution is -2.32. The lowest BCUT2D eigenvalue weighted by atomic mass is 10.1. The molecule has 0 bridgehead atoms. The van der Waals surface area contributed by atoms with Gasteiger partial charge in [0.1, 0.15) is 0 Å². The smallest absolute Gasteiger partial charge is 0.340 e. The van der Waals surface area contributed by atoms with Crippen LogP contribution in [0.1, 0.15) is 31.1 Å². The summed E-state index contributed by atoms with van der Waals surface area (Å²) in [5.41, 5.74) is 7.86. The van der Waals surface area contributed by atoms with E-state index in [4.69, 9.17) is 10.5 Å². The second kappa shape index (κ2) is 5.57. The number of nitrogens with zero attached hydrogens (tertiary/aromatic N) is 1. The molecule has 4 heteroatoms. The van der Waals surface area contributed by atoms with Crippen LogP contribution in [0.5, 0.6) is 0 Å². The van der Waals surface area contributed by atoms with Crippen LogP contribution >= 0.6 is 0 Å². The van der Waals surface area contributed by atoms with Crippen LogP contribution in [0.3, 0.4) is 0 Å². The maximum atomic E-state index is 11.7. The number of carbonyl (C=O) groups is 1. The van der Waals surface area contributed by atoms with Crippen LogP contribution in [0.2, 0.25) is 0 Å². The first-order valence-electron chi connectivity index (χ1n) is 5.76. The van der Waals surface area contributed by atoms with E-state index in [0.717, 1.165) is 12.2 Å². The van der Waals surface area contributed by atoms with Gasteiger partial charge in [-0.05, 0) is 32.9 Å². The van der Waals surface area contributed by atoms with Gasteiger partial charge in [0.2, 0.25) is 0 Å². The molecule has 17 heavy (non-hydrogen) atoms. The van der Waals surface area contributed by atoms with Crippen molar-refractivity contribution in [3.05, 3.63) is 23.8 Å². The summed E-state index contributed by atoms with van der Waals surface area (Å²) in [5, 5.41) is 0. The summed E-state index contributed by atoms with van der Waals surface area (Å²) in [6.07, 6.45) is 0. The third kappa shape index (κ3) is 2.70. The standard InChI is InChI=1S/C13H20N2O2/c1-5-15(9(2)3)12-10(13(16)17-4)7-6-8-11(12)14/h6-9H,5,14H2,1-4H3. The Morgan fingerprint density at radius 1 is 1.47 bits per heavy atom. The third-order valence-corrected chi connectivity index (χ3v) is 2.72. The summed E-state index contributed by atoms with van der Waals surface area (Å²) in [5.74, 6) is -0.355. The Bertz CT molecular complexity index is 402. The van der Waals surface area contributed by atoms with Crippen LogP contribution in [0, 0.1) is 0 Å². The van der Waals surface area contributed by atoms with Gasteiger partial charge >= 0.3 is 5.97 Å².